The van der Waals surface area contributed by atoms with Crippen molar-refractivity contribution in [3.63, 3.8) is 0 Å². The lowest BCUT2D eigenvalue weighted by Crippen LogP contribution is -2.28. The first kappa shape index (κ1) is 17.5. The lowest BCUT2D eigenvalue weighted by molar-refractivity contribution is -0.116. The summed E-state index contributed by atoms with van der Waals surface area (Å²) in [4.78, 5) is 23.8. The third-order valence-corrected chi connectivity index (χ3v) is 3.62. The molecule has 1 heterocycles. The Labute approximate surface area is 140 Å². The largest absolute Gasteiger partial charge is 0.361 e. The summed E-state index contributed by atoms with van der Waals surface area (Å²) in [5, 5.41) is 12.1. The Balaban J connectivity index is 1.97. The van der Waals surface area contributed by atoms with Crippen LogP contribution in [0.5, 0.6) is 0 Å². The van der Waals surface area contributed by atoms with E-state index in [0.29, 0.717) is 30.1 Å². The van der Waals surface area contributed by atoms with Crippen LogP contribution in [-0.2, 0) is 11.3 Å². The Bertz CT molecular complexity index is 724. The number of carbonyl (C=O) groups excluding carboxylic acids is 2. The number of benzene rings is 1. The molecule has 0 saturated carbocycles. The fourth-order valence-electron chi connectivity index (χ4n) is 2.18. The minimum absolute atomic E-state index is 0.0369. The Morgan fingerprint density at radius 2 is 1.88 bits per heavy atom. The van der Waals surface area contributed by atoms with Crippen molar-refractivity contribution in [2.24, 2.45) is 0 Å². The molecule has 0 fully saturated rings. The highest BCUT2D eigenvalue weighted by Crippen LogP contribution is 2.23. The molecular weight excluding hydrogens is 308 g/mol. The van der Waals surface area contributed by atoms with E-state index in [9.17, 15) is 9.59 Å². The van der Waals surface area contributed by atoms with Crippen molar-refractivity contribution >= 4 is 23.3 Å². The standard InChI is InChI=1S/C17H22N4O3/c1-4-6-16(22)20-14-7-5-8-15(11(14)2)21-17(23)18-9-13-10-19-24-12(13)3/h5,7-8,10H,4,6,9H2,1-3H3,(H,20,22)(H2,18,21,23). The first-order valence-corrected chi connectivity index (χ1v) is 7.85. The maximum Gasteiger partial charge on any atom is 0.319 e. The van der Waals surface area contributed by atoms with E-state index in [4.69, 9.17) is 4.52 Å². The zero-order chi connectivity index (χ0) is 17.5. The van der Waals surface area contributed by atoms with Gasteiger partial charge in [0.2, 0.25) is 5.91 Å². The van der Waals surface area contributed by atoms with Crippen molar-refractivity contribution in [3.8, 4) is 0 Å². The number of carbonyl (C=O) groups is 2. The first-order valence-electron chi connectivity index (χ1n) is 7.85. The fourth-order valence-corrected chi connectivity index (χ4v) is 2.18. The van der Waals surface area contributed by atoms with Gasteiger partial charge in [0.1, 0.15) is 5.76 Å². The molecule has 0 radical (unpaired) electrons. The highest BCUT2D eigenvalue weighted by Gasteiger charge is 2.10. The molecule has 2 rings (SSSR count). The summed E-state index contributed by atoms with van der Waals surface area (Å²) in [5.41, 5.74) is 2.96. The van der Waals surface area contributed by atoms with Crippen molar-refractivity contribution < 1.29 is 14.1 Å². The van der Waals surface area contributed by atoms with Crippen LogP contribution in [0.15, 0.2) is 28.9 Å². The highest BCUT2D eigenvalue weighted by atomic mass is 16.5. The number of aromatic nitrogens is 1. The van der Waals surface area contributed by atoms with E-state index in [1.165, 1.54) is 0 Å². The van der Waals surface area contributed by atoms with Gasteiger partial charge in [-0.15, -0.1) is 0 Å². The van der Waals surface area contributed by atoms with E-state index in [1.807, 2.05) is 19.9 Å². The zero-order valence-corrected chi connectivity index (χ0v) is 14.1. The molecule has 0 aliphatic carbocycles. The predicted octanol–water partition coefficient (Wildman–Crippen LogP) is 3.35. The number of amides is 3. The lowest BCUT2D eigenvalue weighted by atomic mass is 10.1. The molecule has 0 atom stereocenters. The maximum atomic E-state index is 12.0. The monoisotopic (exact) mass is 330 g/mol. The smallest absolute Gasteiger partial charge is 0.319 e. The van der Waals surface area contributed by atoms with Gasteiger partial charge in [-0.1, -0.05) is 18.1 Å². The Morgan fingerprint density at radius 1 is 1.17 bits per heavy atom. The minimum Gasteiger partial charge on any atom is -0.361 e. The average molecular weight is 330 g/mol. The summed E-state index contributed by atoms with van der Waals surface area (Å²) in [7, 11) is 0. The maximum absolute atomic E-state index is 12.0. The molecule has 24 heavy (non-hydrogen) atoms. The number of rotatable bonds is 6. The lowest BCUT2D eigenvalue weighted by Gasteiger charge is -2.13. The summed E-state index contributed by atoms with van der Waals surface area (Å²) in [6.07, 6.45) is 2.83. The van der Waals surface area contributed by atoms with Gasteiger partial charge in [-0.05, 0) is 38.0 Å². The molecule has 3 N–H and O–H groups in total. The number of hydrogen-bond donors (Lipinski definition) is 3. The number of urea groups is 1. The third-order valence-electron chi connectivity index (χ3n) is 3.62. The van der Waals surface area contributed by atoms with Crippen LogP contribution in [0.4, 0.5) is 16.2 Å². The van der Waals surface area contributed by atoms with Crippen molar-refractivity contribution in [1.29, 1.82) is 0 Å². The molecule has 0 aliphatic heterocycles. The molecule has 1 aromatic heterocycles. The van der Waals surface area contributed by atoms with Crippen LogP contribution in [-0.4, -0.2) is 17.1 Å². The Kier molecular flexibility index (Phi) is 5.95. The predicted molar refractivity (Wildman–Crippen MR) is 91.8 cm³/mol. The summed E-state index contributed by atoms with van der Waals surface area (Å²) in [6.45, 7) is 5.91. The van der Waals surface area contributed by atoms with Crippen molar-refractivity contribution in [2.45, 2.75) is 40.2 Å². The second kappa shape index (κ2) is 8.14. The van der Waals surface area contributed by atoms with E-state index in [1.54, 1.807) is 25.3 Å². The Hall–Kier alpha value is -2.83. The van der Waals surface area contributed by atoms with Crippen LogP contribution in [0.3, 0.4) is 0 Å². The van der Waals surface area contributed by atoms with Crippen LogP contribution in [0.2, 0.25) is 0 Å². The van der Waals surface area contributed by atoms with Crippen molar-refractivity contribution in [1.82, 2.24) is 10.5 Å². The summed E-state index contributed by atoms with van der Waals surface area (Å²) >= 11 is 0. The molecule has 0 unspecified atom stereocenters. The van der Waals surface area contributed by atoms with Crippen LogP contribution < -0.4 is 16.0 Å². The highest BCUT2D eigenvalue weighted by molar-refractivity contribution is 5.95. The van der Waals surface area contributed by atoms with Gasteiger partial charge in [0.25, 0.3) is 0 Å². The summed E-state index contributed by atoms with van der Waals surface area (Å²) in [5.74, 6) is 0.636. The van der Waals surface area contributed by atoms with Crippen molar-refractivity contribution in [2.75, 3.05) is 10.6 Å². The molecule has 2 aromatic rings. The molecule has 0 saturated heterocycles. The fraction of sp³-hybridized carbons (Fsp3) is 0.353. The number of hydrogen-bond acceptors (Lipinski definition) is 4. The van der Waals surface area contributed by atoms with E-state index in [2.05, 4.69) is 21.1 Å². The van der Waals surface area contributed by atoms with Crippen LogP contribution in [0.1, 0.15) is 36.7 Å². The second-order valence-corrected chi connectivity index (χ2v) is 5.49. The van der Waals surface area contributed by atoms with Gasteiger partial charge < -0.3 is 20.5 Å². The molecule has 0 aliphatic rings. The number of aryl methyl sites for hydroxylation is 1. The molecule has 7 nitrogen and oxygen atoms in total. The molecule has 1 aromatic carbocycles. The molecule has 128 valence electrons. The molecule has 7 heteroatoms. The van der Waals surface area contributed by atoms with Gasteiger partial charge in [-0.3, -0.25) is 4.79 Å². The number of nitrogens with zero attached hydrogens (tertiary/aromatic N) is 1. The Morgan fingerprint density at radius 3 is 2.50 bits per heavy atom. The van der Waals surface area contributed by atoms with Gasteiger partial charge in [-0.25, -0.2) is 4.79 Å². The minimum atomic E-state index is -0.337. The molecule has 0 bridgehead atoms. The van der Waals surface area contributed by atoms with Gasteiger partial charge in [0.05, 0.1) is 6.20 Å². The van der Waals surface area contributed by atoms with Gasteiger partial charge in [-0.2, -0.15) is 0 Å². The van der Waals surface area contributed by atoms with Gasteiger partial charge in [0, 0.05) is 29.9 Å². The second-order valence-electron chi connectivity index (χ2n) is 5.49. The van der Waals surface area contributed by atoms with E-state index in [-0.39, 0.29) is 11.9 Å². The topological polar surface area (TPSA) is 96.3 Å². The van der Waals surface area contributed by atoms with Crippen LogP contribution in [0, 0.1) is 13.8 Å². The molecule has 0 spiro atoms. The number of nitrogens with one attached hydrogen (secondary N) is 3. The van der Waals surface area contributed by atoms with E-state index < -0.39 is 0 Å². The van der Waals surface area contributed by atoms with Gasteiger partial charge >= 0.3 is 6.03 Å². The average Bonchev–Trinajstić information content (AvgIpc) is 2.95. The molecular formula is C17H22N4O3. The van der Waals surface area contributed by atoms with Gasteiger partial charge in [0.15, 0.2) is 0 Å². The van der Waals surface area contributed by atoms with E-state index in [0.717, 1.165) is 17.5 Å². The quantitative estimate of drug-likeness (QED) is 0.756. The third kappa shape index (κ3) is 4.58. The van der Waals surface area contributed by atoms with Crippen LogP contribution in [0.25, 0.3) is 0 Å². The first-order chi connectivity index (χ1) is 11.5. The summed E-state index contributed by atoms with van der Waals surface area (Å²) in [6, 6.07) is 5.05. The van der Waals surface area contributed by atoms with Crippen molar-refractivity contribution in [3.05, 3.63) is 41.3 Å². The SMILES string of the molecule is CCCC(=O)Nc1cccc(NC(=O)NCc2cnoc2C)c1C. The van der Waals surface area contributed by atoms with E-state index >= 15 is 0 Å². The number of anilines is 2. The normalized spacial score (nSPS) is 10.3. The zero-order valence-electron chi connectivity index (χ0n) is 14.1. The summed E-state index contributed by atoms with van der Waals surface area (Å²) < 4.78 is 4.94. The molecule has 3 amide bonds. The van der Waals surface area contributed by atoms with Crippen LogP contribution >= 0.6 is 0 Å².